The second kappa shape index (κ2) is 3.38. The van der Waals surface area contributed by atoms with Crippen molar-refractivity contribution >= 4 is 5.69 Å². The van der Waals surface area contributed by atoms with Crippen LogP contribution in [0.4, 0.5) is 5.69 Å². The number of hydrogen-bond acceptors (Lipinski definition) is 3. The fourth-order valence-corrected chi connectivity index (χ4v) is 1.65. The monoisotopic (exact) mass is 202 g/mol. The first kappa shape index (κ1) is 9.71. The largest absolute Gasteiger partial charge is 0.397 e. The van der Waals surface area contributed by atoms with Crippen molar-refractivity contribution in [1.29, 1.82) is 0 Å². The SMILES string of the molecule is Cc1cc(C)n(-c2ncc(N)cc2C)n1. The molecule has 2 aromatic rings. The van der Waals surface area contributed by atoms with Gasteiger partial charge in [-0.15, -0.1) is 0 Å². The second-order valence-electron chi connectivity index (χ2n) is 3.75. The van der Waals surface area contributed by atoms with E-state index in [1.54, 1.807) is 6.20 Å². The van der Waals surface area contributed by atoms with Crippen LogP contribution < -0.4 is 5.73 Å². The molecule has 2 N–H and O–H groups in total. The third-order valence-corrected chi connectivity index (χ3v) is 2.28. The molecule has 78 valence electrons. The predicted octanol–water partition coefficient (Wildman–Crippen LogP) is 1.77. The minimum Gasteiger partial charge on any atom is -0.397 e. The number of aryl methyl sites for hydroxylation is 3. The number of aromatic nitrogens is 3. The van der Waals surface area contributed by atoms with Gasteiger partial charge in [0, 0.05) is 5.69 Å². The van der Waals surface area contributed by atoms with Gasteiger partial charge in [0.1, 0.15) is 0 Å². The zero-order valence-corrected chi connectivity index (χ0v) is 9.15. The number of rotatable bonds is 1. The molecule has 0 aliphatic carbocycles. The third kappa shape index (κ3) is 1.70. The topological polar surface area (TPSA) is 56.7 Å². The number of pyridine rings is 1. The summed E-state index contributed by atoms with van der Waals surface area (Å²) < 4.78 is 1.84. The van der Waals surface area contributed by atoms with Gasteiger partial charge in [0.05, 0.1) is 17.6 Å². The van der Waals surface area contributed by atoms with Crippen LogP contribution in [-0.2, 0) is 0 Å². The summed E-state index contributed by atoms with van der Waals surface area (Å²) in [7, 11) is 0. The summed E-state index contributed by atoms with van der Waals surface area (Å²) in [5.74, 6) is 0.842. The fourth-order valence-electron chi connectivity index (χ4n) is 1.65. The Kier molecular flexibility index (Phi) is 2.19. The number of hydrogen-bond donors (Lipinski definition) is 1. The highest BCUT2D eigenvalue weighted by Crippen LogP contribution is 2.15. The maximum atomic E-state index is 5.66. The molecule has 0 aromatic carbocycles. The second-order valence-corrected chi connectivity index (χ2v) is 3.75. The van der Waals surface area contributed by atoms with E-state index >= 15 is 0 Å². The van der Waals surface area contributed by atoms with Crippen molar-refractivity contribution in [3.05, 3.63) is 35.3 Å². The minimum atomic E-state index is 0.679. The Morgan fingerprint density at radius 3 is 2.47 bits per heavy atom. The van der Waals surface area contributed by atoms with Crippen molar-refractivity contribution < 1.29 is 0 Å². The van der Waals surface area contributed by atoms with Gasteiger partial charge in [-0.05, 0) is 38.5 Å². The molecule has 2 aromatic heterocycles. The van der Waals surface area contributed by atoms with E-state index < -0.39 is 0 Å². The molecule has 0 aliphatic heterocycles. The maximum absolute atomic E-state index is 5.66. The lowest BCUT2D eigenvalue weighted by Crippen LogP contribution is -2.05. The molecule has 4 nitrogen and oxygen atoms in total. The van der Waals surface area contributed by atoms with Gasteiger partial charge in [-0.1, -0.05) is 0 Å². The quantitative estimate of drug-likeness (QED) is 0.766. The number of nitrogen functional groups attached to an aromatic ring is 1. The Labute approximate surface area is 88.8 Å². The van der Waals surface area contributed by atoms with Crippen molar-refractivity contribution in [3.8, 4) is 5.82 Å². The first-order chi connectivity index (χ1) is 7.08. The van der Waals surface area contributed by atoms with Crippen LogP contribution in [0.1, 0.15) is 17.0 Å². The first-order valence-electron chi connectivity index (χ1n) is 4.83. The average Bonchev–Trinajstić information content (AvgIpc) is 2.45. The van der Waals surface area contributed by atoms with Crippen molar-refractivity contribution in [2.24, 2.45) is 0 Å². The molecule has 0 aliphatic rings. The summed E-state index contributed by atoms with van der Waals surface area (Å²) in [6.45, 7) is 5.96. The van der Waals surface area contributed by atoms with Crippen molar-refractivity contribution in [2.45, 2.75) is 20.8 Å². The Morgan fingerprint density at radius 2 is 1.93 bits per heavy atom. The molecule has 0 unspecified atom stereocenters. The van der Waals surface area contributed by atoms with E-state index in [1.807, 2.05) is 37.6 Å². The lowest BCUT2D eigenvalue weighted by molar-refractivity contribution is 0.799. The van der Waals surface area contributed by atoms with Crippen molar-refractivity contribution in [2.75, 3.05) is 5.73 Å². The molecule has 2 rings (SSSR count). The summed E-state index contributed by atoms with van der Waals surface area (Å²) in [4.78, 5) is 4.30. The normalized spacial score (nSPS) is 10.6. The summed E-state index contributed by atoms with van der Waals surface area (Å²) in [5, 5.41) is 4.38. The lowest BCUT2D eigenvalue weighted by Gasteiger charge is -2.07. The van der Waals surface area contributed by atoms with E-state index in [9.17, 15) is 0 Å². The van der Waals surface area contributed by atoms with E-state index in [0.717, 1.165) is 22.8 Å². The van der Waals surface area contributed by atoms with Crippen LogP contribution in [0.5, 0.6) is 0 Å². The highest BCUT2D eigenvalue weighted by Gasteiger charge is 2.07. The van der Waals surface area contributed by atoms with E-state index in [-0.39, 0.29) is 0 Å². The van der Waals surface area contributed by atoms with Gasteiger partial charge < -0.3 is 5.73 Å². The molecule has 0 bridgehead atoms. The Balaban J connectivity index is 2.59. The van der Waals surface area contributed by atoms with E-state index in [1.165, 1.54) is 0 Å². The zero-order chi connectivity index (χ0) is 11.0. The Hall–Kier alpha value is -1.84. The van der Waals surface area contributed by atoms with Crippen LogP contribution in [0.25, 0.3) is 5.82 Å². The standard InChI is InChI=1S/C11H14N4/c1-7-4-10(12)6-13-11(7)15-9(3)5-8(2)14-15/h4-6H,12H2,1-3H3. The molecule has 0 saturated heterocycles. The van der Waals surface area contributed by atoms with Gasteiger partial charge in [0.2, 0.25) is 0 Å². The smallest absolute Gasteiger partial charge is 0.156 e. The summed E-state index contributed by atoms with van der Waals surface area (Å²) >= 11 is 0. The van der Waals surface area contributed by atoms with Crippen LogP contribution in [0.3, 0.4) is 0 Å². The summed E-state index contributed by atoms with van der Waals surface area (Å²) in [6, 6.07) is 3.93. The molecule has 0 radical (unpaired) electrons. The maximum Gasteiger partial charge on any atom is 0.156 e. The summed E-state index contributed by atoms with van der Waals surface area (Å²) in [5.41, 5.74) is 9.43. The Morgan fingerprint density at radius 1 is 1.20 bits per heavy atom. The number of nitrogens with zero attached hydrogens (tertiary/aromatic N) is 3. The van der Waals surface area contributed by atoms with Gasteiger partial charge in [-0.3, -0.25) is 0 Å². The average molecular weight is 202 g/mol. The van der Waals surface area contributed by atoms with Crippen LogP contribution >= 0.6 is 0 Å². The van der Waals surface area contributed by atoms with Gasteiger partial charge in [-0.25, -0.2) is 9.67 Å². The molecule has 0 fully saturated rings. The molecule has 2 heterocycles. The van der Waals surface area contributed by atoms with Gasteiger partial charge in [0.15, 0.2) is 5.82 Å². The molecular weight excluding hydrogens is 188 g/mol. The van der Waals surface area contributed by atoms with E-state index in [0.29, 0.717) is 5.69 Å². The number of nitrogens with two attached hydrogens (primary N) is 1. The molecule has 0 atom stereocenters. The molecule has 0 spiro atoms. The first-order valence-corrected chi connectivity index (χ1v) is 4.83. The third-order valence-electron chi connectivity index (χ3n) is 2.28. The highest BCUT2D eigenvalue weighted by molar-refractivity contribution is 5.45. The van der Waals surface area contributed by atoms with Crippen LogP contribution in [0, 0.1) is 20.8 Å². The highest BCUT2D eigenvalue weighted by atomic mass is 15.3. The summed E-state index contributed by atoms with van der Waals surface area (Å²) in [6.07, 6.45) is 1.65. The van der Waals surface area contributed by atoms with Crippen LogP contribution in [0.2, 0.25) is 0 Å². The van der Waals surface area contributed by atoms with E-state index in [2.05, 4.69) is 10.1 Å². The number of anilines is 1. The molecule has 0 amide bonds. The van der Waals surface area contributed by atoms with Crippen LogP contribution in [0.15, 0.2) is 18.3 Å². The lowest BCUT2D eigenvalue weighted by atomic mass is 10.2. The molecule has 4 heteroatoms. The van der Waals surface area contributed by atoms with Gasteiger partial charge >= 0.3 is 0 Å². The van der Waals surface area contributed by atoms with Crippen molar-refractivity contribution in [1.82, 2.24) is 14.8 Å². The minimum absolute atomic E-state index is 0.679. The van der Waals surface area contributed by atoms with Gasteiger partial charge in [0.25, 0.3) is 0 Å². The predicted molar refractivity (Wildman–Crippen MR) is 60.0 cm³/mol. The van der Waals surface area contributed by atoms with Gasteiger partial charge in [-0.2, -0.15) is 5.10 Å². The fraction of sp³-hybridized carbons (Fsp3) is 0.273. The molecular formula is C11H14N4. The zero-order valence-electron chi connectivity index (χ0n) is 9.15. The Bertz CT molecular complexity index is 499. The van der Waals surface area contributed by atoms with Crippen LogP contribution in [-0.4, -0.2) is 14.8 Å². The van der Waals surface area contributed by atoms with E-state index in [4.69, 9.17) is 5.73 Å². The van der Waals surface area contributed by atoms with Crippen molar-refractivity contribution in [3.63, 3.8) is 0 Å². The molecule has 15 heavy (non-hydrogen) atoms. The molecule has 0 saturated carbocycles.